The molecule has 1 aliphatic heterocycles. The maximum Gasteiger partial charge on any atom is 0.136 e. The van der Waals surface area contributed by atoms with Gasteiger partial charge < -0.3 is 10.2 Å². The Morgan fingerprint density at radius 3 is 2.68 bits per heavy atom. The smallest absolute Gasteiger partial charge is 0.136 e. The fourth-order valence-electron chi connectivity index (χ4n) is 3.02. The summed E-state index contributed by atoms with van der Waals surface area (Å²) in [4.78, 5) is 11.9. The first-order valence-electron chi connectivity index (χ1n) is 7.52. The highest BCUT2D eigenvalue weighted by Crippen LogP contribution is 2.40. The molecule has 1 aliphatic carbocycles. The van der Waals surface area contributed by atoms with E-state index in [0.717, 1.165) is 24.0 Å². The van der Waals surface area contributed by atoms with Crippen LogP contribution in [0.25, 0.3) is 0 Å². The Kier molecular flexibility index (Phi) is 3.33. The lowest BCUT2D eigenvalue weighted by Gasteiger charge is -2.29. The predicted octanol–water partition coefficient (Wildman–Crippen LogP) is 3.02. The average Bonchev–Trinajstić information content (AvgIpc) is 3.14. The fraction of sp³-hybridized carbons (Fsp3) is 0.733. The Labute approximate surface area is 115 Å². The lowest BCUT2D eigenvalue weighted by atomic mass is 10.0. The van der Waals surface area contributed by atoms with E-state index in [4.69, 9.17) is 4.98 Å². The van der Waals surface area contributed by atoms with Crippen LogP contribution in [0.1, 0.15) is 51.3 Å². The molecular weight excluding hydrogens is 236 g/mol. The molecule has 1 unspecified atom stereocenters. The lowest BCUT2D eigenvalue weighted by molar-refractivity contribution is 0.489. The molecule has 2 fully saturated rings. The minimum atomic E-state index is 0.604. The van der Waals surface area contributed by atoms with Crippen molar-refractivity contribution in [2.75, 3.05) is 23.8 Å². The van der Waals surface area contributed by atoms with Gasteiger partial charge >= 0.3 is 0 Å². The van der Waals surface area contributed by atoms with Crippen molar-refractivity contribution in [2.45, 2.75) is 51.5 Å². The van der Waals surface area contributed by atoms with Gasteiger partial charge in [-0.1, -0.05) is 13.8 Å². The topological polar surface area (TPSA) is 41.0 Å². The van der Waals surface area contributed by atoms with Crippen LogP contribution >= 0.6 is 0 Å². The highest BCUT2D eigenvalue weighted by Gasteiger charge is 2.31. The van der Waals surface area contributed by atoms with Crippen LogP contribution in [0.3, 0.4) is 0 Å². The molecule has 19 heavy (non-hydrogen) atoms. The molecule has 0 aromatic carbocycles. The Balaban J connectivity index is 1.92. The third kappa shape index (κ3) is 2.53. The number of aromatic nitrogens is 2. The summed E-state index contributed by atoms with van der Waals surface area (Å²) in [6, 6.07) is 2.73. The second kappa shape index (κ2) is 4.99. The zero-order chi connectivity index (χ0) is 13.4. The van der Waals surface area contributed by atoms with Gasteiger partial charge in [0.25, 0.3) is 0 Å². The Morgan fingerprint density at radius 1 is 1.26 bits per heavy atom. The summed E-state index contributed by atoms with van der Waals surface area (Å²) in [6.45, 7) is 5.75. The number of hydrogen-bond donors (Lipinski definition) is 1. The van der Waals surface area contributed by atoms with E-state index in [9.17, 15) is 0 Å². The molecule has 3 rings (SSSR count). The molecule has 4 heteroatoms. The van der Waals surface area contributed by atoms with Crippen LogP contribution in [0.2, 0.25) is 0 Å². The van der Waals surface area contributed by atoms with E-state index >= 15 is 0 Å². The van der Waals surface area contributed by atoms with Crippen molar-refractivity contribution in [3.63, 3.8) is 0 Å². The van der Waals surface area contributed by atoms with Gasteiger partial charge in [-0.05, 0) is 31.6 Å². The summed E-state index contributed by atoms with van der Waals surface area (Å²) in [7, 11) is 1.94. The van der Waals surface area contributed by atoms with Crippen molar-refractivity contribution in [3.8, 4) is 0 Å². The van der Waals surface area contributed by atoms with Crippen molar-refractivity contribution in [3.05, 3.63) is 11.9 Å². The third-order valence-electron chi connectivity index (χ3n) is 4.29. The first-order valence-corrected chi connectivity index (χ1v) is 7.52. The van der Waals surface area contributed by atoms with Gasteiger partial charge in [0.05, 0.1) is 0 Å². The molecule has 1 aromatic rings. The van der Waals surface area contributed by atoms with Crippen molar-refractivity contribution < 1.29 is 0 Å². The molecular formula is C15H24N4. The Hall–Kier alpha value is -1.32. The largest absolute Gasteiger partial charge is 0.373 e. The van der Waals surface area contributed by atoms with E-state index in [-0.39, 0.29) is 0 Å². The van der Waals surface area contributed by atoms with Crippen LogP contribution < -0.4 is 10.2 Å². The van der Waals surface area contributed by atoms with Crippen molar-refractivity contribution in [1.29, 1.82) is 0 Å². The van der Waals surface area contributed by atoms with Gasteiger partial charge in [-0.2, -0.15) is 0 Å². The highest BCUT2D eigenvalue weighted by molar-refractivity contribution is 5.51. The van der Waals surface area contributed by atoms with E-state index in [1.807, 2.05) is 7.05 Å². The van der Waals surface area contributed by atoms with E-state index in [1.165, 1.54) is 25.7 Å². The predicted molar refractivity (Wildman–Crippen MR) is 78.8 cm³/mol. The third-order valence-corrected chi connectivity index (χ3v) is 4.29. The number of nitrogens with zero attached hydrogens (tertiary/aromatic N) is 3. The maximum atomic E-state index is 4.83. The normalized spacial score (nSPS) is 23.2. The van der Waals surface area contributed by atoms with Gasteiger partial charge in [0.15, 0.2) is 0 Å². The van der Waals surface area contributed by atoms with Gasteiger partial charge in [0.2, 0.25) is 0 Å². The monoisotopic (exact) mass is 260 g/mol. The summed E-state index contributed by atoms with van der Waals surface area (Å²) in [5, 5.41) is 3.18. The van der Waals surface area contributed by atoms with E-state index in [1.54, 1.807) is 0 Å². The molecule has 0 bridgehead atoms. The van der Waals surface area contributed by atoms with Crippen molar-refractivity contribution in [2.24, 2.45) is 5.92 Å². The molecule has 104 valence electrons. The minimum absolute atomic E-state index is 0.604. The highest BCUT2D eigenvalue weighted by atomic mass is 15.2. The molecule has 1 atom stereocenters. The van der Waals surface area contributed by atoms with E-state index < -0.39 is 0 Å². The van der Waals surface area contributed by atoms with Gasteiger partial charge in [-0.15, -0.1) is 0 Å². The summed E-state index contributed by atoms with van der Waals surface area (Å²) < 4.78 is 0. The molecule has 2 aliphatic rings. The number of hydrogen-bond acceptors (Lipinski definition) is 4. The summed E-state index contributed by atoms with van der Waals surface area (Å²) in [5.74, 6) is 4.40. The second-order valence-corrected chi connectivity index (χ2v) is 6.14. The van der Waals surface area contributed by atoms with Crippen LogP contribution in [-0.4, -0.2) is 29.6 Å². The van der Waals surface area contributed by atoms with Crippen molar-refractivity contribution in [1.82, 2.24) is 9.97 Å². The molecule has 1 aromatic heterocycles. The molecule has 0 spiro atoms. The first kappa shape index (κ1) is 12.7. The minimum Gasteiger partial charge on any atom is -0.373 e. The van der Waals surface area contributed by atoms with Crippen LogP contribution in [0.5, 0.6) is 0 Å². The number of anilines is 2. The van der Waals surface area contributed by atoms with Gasteiger partial charge in [0.1, 0.15) is 17.5 Å². The standard InChI is InChI=1S/C15H24N4/c1-10(2)12-5-4-8-19(12)14-9-13(16-3)17-15(18-14)11-6-7-11/h9-12H,4-8H2,1-3H3,(H,16,17,18). The Morgan fingerprint density at radius 2 is 2.05 bits per heavy atom. The zero-order valence-electron chi connectivity index (χ0n) is 12.2. The van der Waals surface area contributed by atoms with Crippen LogP contribution in [0.15, 0.2) is 6.07 Å². The molecule has 1 saturated carbocycles. The molecule has 1 saturated heterocycles. The zero-order valence-corrected chi connectivity index (χ0v) is 12.2. The molecule has 1 N–H and O–H groups in total. The van der Waals surface area contributed by atoms with Crippen LogP contribution in [0, 0.1) is 5.92 Å². The quantitative estimate of drug-likeness (QED) is 0.903. The summed E-state index contributed by atoms with van der Waals surface area (Å²) in [6.07, 6.45) is 5.07. The molecule has 4 nitrogen and oxygen atoms in total. The summed E-state index contributed by atoms with van der Waals surface area (Å²) in [5.41, 5.74) is 0. The van der Waals surface area contributed by atoms with E-state index in [2.05, 4.69) is 35.1 Å². The number of rotatable bonds is 4. The van der Waals surface area contributed by atoms with Crippen LogP contribution in [-0.2, 0) is 0 Å². The van der Waals surface area contributed by atoms with Crippen molar-refractivity contribution >= 4 is 11.6 Å². The maximum absolute atomic E-state index is 4.83. The second-order valence-electron chi connectivity index (χ2n) is 6.14. The molecule has 0 radical (unpaired) electrons. The number of nitrogens with one attached hydrogen (secondary N) is 1. The average molecular weight is 260 g/mol. The first-order chi connectivity index (χ1) is 9.19. The van der Waals surface area contributed by atoms with Gasteiger partial charge in [-0.25, -0.2) is 9.97 Å². The van der Waals surface area contributed by atoms with E-state index in [0.29, 0.717) is 17.9 Å². The Bertz CT molecular complexity index is 453. The molecule has 0 amide bonds. The SMILES string of the molecule is CNc1cc(N2CCCC2C(C)C)nc(C2CC2)n1. The van der Waals surface area contributed by atoms with Gasteiger partial charge in [0, 0.05) is 31.6 Å². The fourth-order valence-corrected chi connectivity index (χ4v) is 3.02. The molecule has 2 heterocycles. The summed E-state index contributed by atoms with van der Waals surface area (Å²) >= 11 is 0. The van der Waals surface area contributed by atoms with Crippen LogP contribution in [0.4, 0.5) is 11.6 Å². The van der Waals surface area contributed by atoms with Gasteiger partial charge in [-0.3, -0.25) is 0 Å². The lowest BCUT2D eigenvalue weighted by Crippen LogP contribution is -2.34.